The quantitative estimate of drug-likeness (QED) is 0.432. The number of amides is 2. The Hall–Kier alpha value is -2.75. The van der Waals surface area contributed by atoms with Gasteiger partial charge in [-0.15, -0.1) is 0 Å². The molecule has 0 saturated heterocycles. The van der Waals surface area contributed by atoms with Crippen LogP contribution in [0.3, 0.4) is 0 Å². The van der Waals surface area contributed by atoms with Gasteiger partial charge in [-0.2, -0.15) is 0 Å². The third kappa shape index (κ3) is 5.30. The Labute approximate surface area is 180 Å². The van der Waals surface area contributed by atoms with Crippen LogP contribution in [0.25, 0.3) is 0 Å². The van der Waals surface area contributed by atoms with Crippen molar-refractivity contribution in [1.29, 1.82) is 0 Å². The Kier molecular flexibility index (Phi) is 7.58. The lowest BCUT2D eigenvalue weighted by molar-refractivity contribution is -0.132. The van der Waals surface area contributed by atoms with Crippen LogP contribution in [0.2, 0.25) is 0 Å². The van der Waals surface area contributed by atoms with Gasteiger partial charge in [0.1, 0.15) is 5.82 Å². The summed E-state index contributed by atoms with van der Waals surface area (Å²) in [7, 11) is 0. The minimum Gasteiger partial charge on any atom is -0.395 e. The predicted molar refractivity (Wildman–Crippen MR) is 114 cm³/mol. The molecule has 1 unspecified atom stereocenters. The monoisotopic (exact) mass is 435 g/mol. The third-order valence-corrected chi connectivity index (χ3v) is 5.15. The number of hydrogen-bond donors (Lipinski definition) is 5. The van der Waals surface area contributed by atoms with Crippen LogP contribution in [0.15, 0.2) is 18.2 Å². The van der Waals surface area contributed by atoms with Gasteiger partial charge in [0, 0.05) is 17.9 Å². The smallest absolute Gasteiger partial charge is 0.257 e. The highest BCUT2D eigenvalue weighted by atomic mass is 19.1. The van der Waals surface area contributed by atoms with Crippen LogP contribution in [0.1, 0.15) is 52.8 Å². The number of aromatic nitrogens is 1. The Morgan fingerprint density at radius 3 is 2.39 bits per heavy atom. The zero-order chi connectivity index (χ0) is 23.5. The van der Waals surface area contributed by atoms with E-state index in [0.29, 0.717) is 22.5 Å². The van der Waals surface area contributed by atoms with E-state index in [1.165, 1.54) is 22.8 Å². The van der Waals surface area contributed by atoms with Gasteiger partial charge in [0.25, 0.3) is 11.8 Å². The van der Waals surface area contributed by atoms with Gasteiger partial charge < -0.3 is 30.5 Å². The first kappa shape index (κ1) is 24.5. The van der Waals surface area contributed by atoms with Gasteiger partial charge in [0.2, 0.25) is 0 Å². The van der Waals surface area contributed by atoms with E-state index < -0.39 is 23.5 Å². The predicted octanol–water partition coefficient (Wildman–Crippen LogP) is 1.72. The van der Waals surface area contributed by atoms with Crippen LogP contribution in [-0.4, -0.2) is 50.5 Å². The van der Waals surface area contributed by atoms with E-state index in [9.17, 15) is 29.3 Å². The molecule has 2 amide bonds. The maximum absolute atomic E-state index is 13.5. The first-order valence-corrected chi connectivity index (χ1v) is 9.92. The molecule has 0 saturated carbocycles. The molecule has 0 aliphatic carbocycles. The molecule has 0 spiro atoms. The fraction of sp³-hybridized carbons (Fsp3) is 0.455. The number of nitrogens with zero attached hydrogens (tertiary/aromatic N) is 1. The maximum Gasteiger partial charge on any atom is 0.257 e. The second-order valence-electron chi connectivity index (χ2n) is 8.20. The van der Waals surface area contributed by atoms with E-state index in [-0.39, 0.29) is 36.8 Å². The lowest BCUT2D eigenvalue weighted by Gasteiger charge is -2.26. The molecule has 1 atom stereocenters. The molecule has 2 aromatic rings. The summed E-state index contributed by atoms with van der Waals surface area (Å²) < 4.78 is 15.0. The summed E-state index contributed by atoms with van der Waals surface area (Å²) in [5.74, 6) is -1.61. The number of carbonyl (C=O) groups is 2. The number of anilines is 1. The summed E-state index contributed by atoms with van der Waals surface area (Å²) in [6.07, 6.45) is -1.62. The summed E-state index contributed by atoms with van der Waals surface area (Å²) in [5.41, 5.74) is 1.11. The fourth-order valence-electron chi connectivity index (χ4n) is 3.47. The van der Waals surface area contributed by atoms with Crippen molar-refractivity contribution in [3.63, 3.8) is 0 Å². The van der Waals surface area contributed by atoms with Crippen LogP contribution in [0, 0.1) is 26.6 Å². The van der Waals surface area contributed by atoms with Crippen LogP contribution >= 0.6 is 0 Å². The maximum atomic E-state index is 13.5. The van der Waals surface area contributed by atoms with Crippen LogP contribution in [-0.2, 0) is 11.3 Å². The number of halogens is 1. The van der Waals surface area contributed by atoms with E-state index in [2.05, 4.69) is 10.6 Å². The van der Waals surface area contributed by atoms with Crippen molar-refractivity contribution in [1.82, 2.24) is 9.88 Å². The van der Waals surface area contributed by atoms with Crippen molar-refractivity contribution in [2.45, 2.75) is 52.8 Å². The molecule has 0 bridgehead atoms. The summed E-state index contributed by atoms with van der Waals surface area (Å²) in [5, 5.41) is 34.9. The topological polar surface area (TPSA) is 124 Å². The molecule has 5 N–H and O–H groups in total. The second-order valence-corrected chi connectivity index (χ2v) is 8.20. The van der Waals surface area contributed by atoms with Gasteiger partial charge in [0.05, 0.1) is 30.0 Å². The average molecular weight is 435 g/mol. The summed E-state index contributed by atoms with van der Waals surface area (Å²) in [6.45, 7) is 7.52. The van der Waals surface area contributed by atoms with Crippen molar-refractivity contribution in [3.8, 4) is 0 Å². The first-order valence-electron chi connectivity index (χ1n) is 9.92. The first-order chi connectivity index (χ1) is 14.4. The molecule has 170 valence electrons. The van der Waals surface area contributed by atoms with E-state index in [4.69, 9.17) is 0 Å². The fourth-order valence-corrected chi connectivity index (χ4v) is 3.47. The summed E-state index contributed by atoms with van der Waals surface area (Å²) in [4.78, 5) is 25.6. The van der Waals surface area contributed by atoms with Crippen molar-refractivity contribution in [3.05, 3.63) is 52.1 Å². The Morgan fingerprint density at radius 1 is 1.19 bits per heavy atom. The highest BCUT2D eigenvalue weighted by molar-refractivity contribution is 6.06. The zero-order valence-corrected chi connectivity index (χ0v) is 18.4. The van der Waals surface area contributed by atoms with Crippen LogP contribution in [0.5, 0.6) is 0 Å². The minimum absolute atomic E-state index is 0.0681. The molecule has 0 fully saturated rings. The molecule has 8 nitrogen and oxygen atoms in total. The van der Waals surface area contributed by atoms with Crippen molar-refractivity contribution in [2.24, 2.45) is 0 Å². The third-order valence-electron chi connectivity index (χ3n) is 5.15. The minimum atomic E-state index is -1.62. The molecular weight excluding hydrogens is 405 g/mol. The number of hydrogen-bond acceptors (Lipinski definition) is 5. The molecule has 0 radical (unpaired) electrons. The van der Waals surface area contributed by atoms with Gasteiger partial charge in [0.15, 0.2) is 6.10 Å². The Morgan fingerprint density at radius 2 is 1.84 bits per heavy atom. The number of nitrogens with one attached hydrogen (secondary N) is 2. The highest BCUT2D eigenvalue weighted by Crippen LogP contribution is 2.29. The van der Waals surface area contributed by atoms with Crippen LogP contribution in [0.4, 0.5) is 10.1 Å². The van der Waals surface area contributed by atoms with Crippen LogP contribution < -0.4 is 10.6 Å². The van der Waals surface area contributed by atoms with Crippen molar-refractivity contribution in [2.75, 3.05) is 18.5 Å². The highest BCUT2D eigenvalue weighted by Gasteiger charge is 2.32. The molecule has 9 heteroatoms. The molecule has 1 aromatic carbocycles. The number of aryl methyl sites for hydroxylation is 1. The normalized spacial score (nSPS) is 12.5. The van der Waals surface area contributed by atoms with Crippen molar-refractivity contribution < 1.29 is 29.3 Å². The Balaban J connectivity index is 2.44. The van der Waals surface area contributed by atoms with E-state index in [1.54, 1.807) is 34.6 Å². The van der Waals surface area contributed by atoms with E-state index in [1.807, 2.05) is 0 Å². The molecule has 0 aliphatic heterocycles. The molecular formula is C22H30FN3O5. The van der Waals surface area contributed by atoms with E-state index in [0.717, 1.165) is 0 Å². The van der Waals surface area contributed by atoms with Gasteiger partial charge >= 0.3 is 0 Å². The van der Waals surface area contributed by atoms with Gasteiger partial charge in [-0.3, -0.25) is 9.59 Å². The van der Waals surface area contributed by atoms with E-state index >= 15 is 0 Å². The summed E-state index contributed by atoms with van der Waals surface area (Å²) in [6, 6.07) is 4.20. The lowest BCUT2D eigenvalue weighted by Crippen LogP contribution is -2.48. The largest absolute Gasteiger partial charge is 0.395 e. The zero-order valence-electron chi connectivity index (χ0n) is 18.4. The Bertz CT molecular complexity index is 984. The average Bonchev–Trinajstić information content (AvgIpc) is 2.94. The molecule has 1 aromatic heterocycles. The molecule has 2 rings (SSSR count). The second kappa shape index (κ2) is 9.59. The lowest BCUT2D eigenvalue weighted by atomic mass is 10.0. The number of rotatable bonds is 8. The SMILES string of the molecule is Cc1cc(NC(=O)c2c(C)c(C(O)C(=O)NC(C)(C)CO)n(CCO)c2C)ccc1F. The van der Waals surface area contributed by atoms with Crippen molar-refractivity contribution >= 4 is 17.5 Å². The molecule has 31 heavy (non-hydrogen) atoms. The summed E-state index contributed by atoms with van der Waals surface area (Å²) >= 11 is 0. The van der Waals surface area contributed by atoms with Gasteiger partial charge in [-0.1, -0.05) is 0 Å². The molecule has 0 aliphatic rings. The standard InChI is InChI=1S/C22H30FN3O5/c1-12-10-15(6-7-16(12)23)24-20(30)17-13(2)18(26(8-9-27)14(17)3)19(29)21(31)25-22(4,5)11-28/h6-7,10,19,27-29H,8-9,11H2,1-5H3,(H,24,30)(H,25,31). The number of aliphatic hydroxyl groups excluding tert-OH is 3. The van der Waals surface area contributed by atoms with Gasteiger partial charge in [-0.25, -0.2) is 4.39 Å². The number of benzene rings is 1. The molecule has 1 heterocycles. The van der Waals surface area contributed by atoms with Gasteiger partial charge in [-0.05, 0) is 63.9 Å². The number of carbonyl (C=O) groups excluding carboxylic acids is 2. The number of aliphatic hydroxyl groups is 3.